The van der Waals surface area contributed by atoms with Crippen LogP contribution in [0.25, 0.3) is 0 Å². The third-order valence-electron chi connectivity index (χ3n) is 4.51. The molecule has 1 atom stereocenters. The number of amides is 2. The molecule has 2 aromatic rings. The maximum atomic E-state index is 12.7. The topological polar surface area (TPSA) is 97.4 Å². The van der Waals surface area contributed by atoms with Gasteiger partial charge in [-0.05, 0) is 26.3 Å². The molecular weight excluding hydrogens is 324 g/mol. The Labute approximate surface area is 145 Å². The van der Waals surface area contributed by atoms with E-state index in [9.17, 15) is 9.59 Å². The average molecular weight is 346 g/mol. The third kappa shape index (κ3) is 3.40. The number of carbonyl (C=O) groups is 2. The molecule has 1 fully saturated rings. The molecule has 9 nitrogen and oxygen atoms in total. The summed E-state index contributed by atoms with van der Waals surface area (Å²) in [6.45, 7) is 6.50. The number of aromatic nitrogens is 4. The Morgan fingerprint density at radius 2 is 2.00 bits per heavy atom. The van der Waals surface area contributed by atoms with Crippen LogP contribution < -0.4 is 0 Å². The molecule has 25 heavy (non-hydrogen) atoms. The first kappa shape index (κ1) is 17.1. The van der Waals surface area contributed by atoms with Crippen LogP contribution in [0.4, 0.5) is 0 Å². The van der Waals surface area contributed by atoms with Crippen molar-refractivity contribution in [1.29, 1.82) is 0 Å². The smallest absolute Gasteiger partial charge is 0.274 e. The van der Waals surface area contributed by atoms with Crippen LogP contribution in [-0.4, -0.2) is 61.2 Å². The monoisotopic (exact) mass is 346 g/mol. The predicted molar refractivity (Wildman–Crippen MR) is 87.6 cm³/mol. The van der Waals surface area contributed by atoms with Gasteiger partial charge in [-0.3, -0.25) is 14.3 Å². The Bertz CT molecular complexity index is 776. The van der Waals surface area contributed by atoms with Gasteiger partial charge in [0.15, 0.2) is 11.5 Å². The highest BCUT2D eigenvalue weighted by molar-refractivity contribution is 5.92. The van der Waals surface area contributed by atoms with Crippen molar-refractivity contribution in [3.05, 3.63) is 29.2 Å². The molecule has 0 radical (unpaired) electrons. The minimum atomic E-state index is -0.318. The maximum Gasteiger partial charge on any atom is 0.274 e. The van der Waals surface area contributed by atoms with E-state index >= 15 is 0 Å². The quantitative estimate of drug-likeness (QED) is 0.800. The molecule has 0 aromatic carbocycles. The molecule has 3 heterocycles. The van der Waals surface area contributed by atoms with E-state index < -0.39 is 0 Å². The van der Waals surface area contributed by atoms with E-state index in [-0.39, 0.29) is 17.9 Å². The number of nitrogens with zero attached hydrogens (tertiary/aromatic N) is 6. The van der Waals surface area contributed by atoms with E-state index in [2.05, 4.69) is 15.2 Å². The highest BCUT2D eigenvalue weighted by Crippen LogP contribution is 2.26. The zero-order valence-electron chi connectivity index (χ0n) is 14.9. The molecular formula is C16H22N6O3. The van der Waals surface area contributed by atoms with Crippen molar-refractivity contribution in [2.45, 2.75) is 33.2 Å². The summed E-state index contributed by atoms with van der Waals surface area (Å²) in [5, 5.41) is 8.07. The van der Waals surface area contributed by atoms with Gasteiger partial charge in [0.05, 0.1) is 0 Å². The maximum absolute atomic E-state index is 12.7. The zero-order chi connectivity index (χ0) is 18.1. The molecule has 0 spiro atoms. The predicted octanol–water partition coefficient (Wildman–Crippen LogP) is 0.856. The fourth-order valence-corrected chi connectivity index (χ4v) is 3.04. The first-order chi connectivity index (χ1) is 11.9. The van der Waals surface area contributed by atoms with Gasteiger partial charge in [-0.25, -0.2) is 0 Å². The van der Waals surface area contributed by atoms with Gasteiger partial charge in [0.2, 0.25) is 11.8 Å². The van der Waals surface area contributed by atoms with Crippen LogP contribution in [-0.2, 0) is 11.8 Å². The number of rotatable bonds is 2. The Morgan fingerprint density at radius 3 is 2.56 bits per heavy atom. The summed E-state index contributed by atoms with van der Waals surface area (Å²) in [5.74, 6) is 0.730. The highest BCUT2D eigenvalue weighted by Gasteiger charge is 2.33. The minimum Gasteiger partial charge on any atom is -0.337 e. The fraction of sp³-hybridized carbons (Fsp3) is 0.562. The summed E-state index contributed by atoms with van der Waals surface area (Å²) < 4.78 is 6.94. The van der Waals surface area contributed by atoms with Crippen LogP contribution in [0.3, 0.4) is 0 Å². The molecule has 1 aliphatic heterocycles. The van der Waals surface area contributed by atoms with Crippen molar-refractivity contribution in [3.63, 3.8) is 0 Å². The molecule has 0 N–H and O–H groups in total. The number of hydrogen-bond donors (Lipinski definition) is 0. The van der Waals surface area contributed by atoms with E-state index in [4.69, 9.17) is 4.52 Å². The number of aryl methyl sites for hydroxylation is 3. The van der Waals surface area contributed by atoms with E-state index in [1.807, 2.05) is 6.92 Å². The molecule has 0 unspecified atom stereocenters. The van der Waals surface area contributed by atoms with Crippen molar-refractivity contribution in [2.75, 3.05) is 19.6 Å². The van der Waals surface area contributed by atoms with E-state index in [1.54, 1.807) is 34.5 Å². The molecule has 0 saturated carbocycles. The van der Waals surface area contributed by atoms with Crippen molar-refractivity contribution in [2.24, 2.45) is 7.05 Å². The minimum absolute atomic E-state index is 0.0798. The number of hydrogen-bond acceptors (Lipinski definition) is 6. The van der Waals surface area contributed by atoms with Gasteiger partial charge >= 0.3 is 0 Å². The van der Waals surface area contributed by atoms with Crippen LogP contribution in [0.15, 0.2) is 10.6 Å². The van der Waals surface area contributed by atoms with Crippen molar-refractivity contribution < 1.29 is 14.1 Å². The standard InChI is InChI=1S/C16H22N6O3/c1-10-9-13(18-20(10)4)16(24)21-6-5-14(15-17-11(2)19-25-15)22(8-7-21)12(3)23/h9,14H,5-8H2,1-4H3/t14-/m0/s1. The van der Waals surface area contributed by atoms with Gasteiger partial charge in [-0.2, -0.15) is 10.1 Å². The molecule has 1 aliphatic rings. The second-order valence-electron chi connectivity index (χ2n) is 6.28. The van der Waals surface area contributed by atoms with Gasteiger partial charge < -0.3 is 14.3 Å². The molecule has 2 amide bonds. The molecule has 2 aromatic heterocycles. The van der Waals surface area contributed by atoms with E-state index in [0.717, 1.165) is 5.69 Å². The van der Waals surface area contributed by atoms with E-state index in [1.165, 1.54) is 6.92 Å². The third-order valence-corrected chi connectivity index (χ3v) is 4.51. The molecule has 3 rings (SSSR count). The Balaban J connectivity index is 1.80. The summed E-state index contributed by atoms with van der Waals surface area (Å²) in [5.41, 5.74) is 1.34. The van der Waals surface area contributed by atoms with E-state index in [0.29, 0.717) is 43.5 Å². The molecule has 0 aliphatic carbocycles. The summed E-state index contributed by atoms with van der Waals surface area (Å²) >= 11 is 0. The zero-order valence-corrected chi connectivity index (χ0v) is 14.9. The molecule has 1 saturated heterocycles. The van der Waals surface area contributed by atoms with Gasteiger partial charge in [-0.1, -0.05) is 5.16 Å². The summed E-state index contributed by atoms with van der Waals surface area (Å²) in [4.78, 5) is 32.5. The van der Waals surface area contributed by atoms with Gasteiger partial charge in [0.1, 0.15) is 6.04 Å². The van der Waals surface area contributed by atoms with Crippen molar-refractivity contribution in [3.8, 4) is 0 Å². The van der Waals surface area contributed by atoms with Crippen LogP contribution >= 0.6 is 0 Å². The lowest BCUT2D eigenvalue weighted by Gasteiger charge is -2.25. The number of carbonyl (C=O) groups excluding carboxylic acids is 2. The van der Waals surface area contributed by atoms with Crippen LogP contribution in [0.1, 0.15) is 47.3 Å². The van der Waals surface area contributed by atoms with Crippen LogP contribution in [0.5, 0.6) is 0 Å². The lowest BCUT2D eigenvalue weighted by atomic mass is 10.1. The van der Waals surface area contributed by atoms with Gasteiger partial charge in [0, 0.05) is 39.3 Å². The first-order valence-corrected chi connectivity index (χ1v) is 8.24. The molecule has 9 heteroatoms. The molecule has 0 bridgehead atoms. The van der Waals surface area contributed by atoms with Crippen molar-refractivity contribution >= 4 is 11.8 Å². The highest BCUT2D eigenvalue weighted by atomic mass is 16.5. The Hall–Kier alpha value is -2.71. The lowest BCUT2D eigenvalue weighted by Crippen LogP contribution is -2.37. The normalized spacial score (nSPS) is 18.3. The van der Waals surface area contributed by atoms with Crippen molar-refractivity contribution in [1.82, 2.24) is 29.7 Å². The van der Waals surface area contributed by atoms with Crippen LogP contribution in [0, 0.1) is 13.8 Å². The second kappa shape index (κ2) is 6.66. The lowest BCUT2D eigenvalue weighted by molar-refractivity contribution is -0.131. The van der Waals surface area contributed by atoms with Gasteiger partial charge in [0.25, 0.3) is 5.91 Å². The Kier molecular flexibility index (Phi) is 4.56. The fourth-order valence-electron chi connectivity index (χ4n) is 3.04. The largest absolute Gasteiger partial charge is 0.337 e. The average Bonchev–Trinajstić information content (AvgIpc) is 3.04. The summed E-state index contributed by atoms with van der Waals surface area (Å²) in [6, 6.07) is 1.46. The first-order valence-electron chi connectivity index (χ1n) is 8.24. The molecule has 134 valence electrons. The summed E-state index contributed by atoms with van der Waals surface area (Å²) in [6.07, 6.45) is 0.540. The Morgan fingerprint density at radius 1 is 1.24 bits per heavy atom. The second-order valence-corrected chi connectivity index (χ2v) is 6.28. The SMILES string of the molecule is CC(=O)N1CCN(C(=O)c2cc(C)n(C)n2)CC[C@H]1c1nc(C)no1. The summed E-state index contributed by atoms with van der Waals surface area (Å²) in [7, 11) is 1.81. The van der Waals surface area contributed by atoms with Gasteiger partial charge in [-0.15, -0.1) is 0 Å². The van der Waals surface area contributed by atoms with Crippen LogP contribution in [0.2, 0.25) is 0 Å².